The number of phenols is 1. The Bertz CT molecular complexity index is 1200. The zero-order chi connectivity index (χ0) is 24.0. The zero-order valence-electron chi connectivity index (χ0n) is 17.2. The largest absolute Gasteiger partial charge is 0.506 e. The van der Waals surface area contributed by atoms with Crippen molar-refractivity contribution in [2.45, 2.75) is 13.5 Å². The summed E-state index contributed by atoms with van der Waals surface area (Å²) in [5.74, 6) is 0.320. The molecule has 0 unspecified atom stereocenters. The second-order valence-corrected chi connectivity index (χ2v) is 9.65. The van der Waals surface area contributed by atoms with Crippen LogP contribution in [0.4, 0.5) is 0 Å². The van der Waals surface area contributed by atoms with E-state index in [0.29, 0.717) is 42.1 Å². The smallest absolute Gasteiger partial charge is 0.275 e. The maximum atomic E-state index is 12.4. The van der Waals surface area contributed by atoms with Gasteiger partial charge in [0.2, 0.25) is 0 Å². The summed E-state index contributed by atoms with van der Waals surface area (Å²) in [5, 5.41) is 14.7. The summed E-state index contributed by atoms with van der Waals surface area (Å²) in [6.07, 6.45) is 1.46. The van der Waals surface area contributed by atoms with E-state index < -0.39 is 5.91 Å². The topological polar surface area (TPSA) is 80.2 Å². The fraction of sp³-hybridized carbons (Fsp3) is 0.130. The first-order chi connectivity index (χ1) is 15.8. The number of amides is 1. The van der Waals surface area contributed by atoms with E-state index in [1.165, 1.54) is 12.3 Å². The molecule has 6 nitrogen and oxygen atoms in total. The van der Waals surface area contributed by atoms with E-state index in [9.17, 15) is 9.90 Å². The molecular formula is C23H18Br3ClN2O4. The van der Waals surface area contributed by atoms with Gasteiger partial charge in [-0.3, -0.25) is 4.79 Å². The molecule has 3 rings (SSSR count). The maximum Gasteiger partial charge on any atom is 0.275 e. The van der Waals surface area contributed by atoms with Gasteiger partial charge in [-0.15, -0.1) is 0 Å². The molecule has 0 atom stereocenters. The van der Waals surface area contributed by atoms with Gasteiger partial charge < -0.3 is 14.6 Å². The fourth-order valence-electron chi connectivity index (χ4n) is 2.76. The van der Waals surface area contributed by atoms with Crippen molar-refractivity contribution in [1.29, 1.82) is 0 Å². The summed E-state index contributed by atoms with van der Waals surface area (Å²) in [6.45, 7) is 2.59. The van der Waals surface area contributed by atoms with Crippen LogP contribution >= 0.6 is 59.4 Å². The summed E-state index contributed by atoms with van der Waals surface area (Å²) < 4.78 is 13.4. The summed E-state index contributed by atoms with van der Waals surface area (Å²) in [5.41, 5.74) is 4.00. The van der Waals surface area contributed by atoms with Crippen molar-refractivity contribution in [2.24, 2.45) is 5.10 Å². The molecule has 0 fully saturated rings. The fourth-order valence-corrected chi connectivity index (χ4v) is 4.60. The predicted molar refractivity (Wildman–Crippen MR) is 140 cm³/mol. The Morgan fingerprint density at radius 3 is 2.55 bits per heavy atom. The van der Waals surface area contributed by atoms with Gasteiger partial charge in [-0.1, -0.05) is 45.7 Å². The van der Waals surface area contributed by atoms with Gasteiger partial charge in [0, 0.05) is 25.1 Å². The average molecular weight is 662 g/mol. The van der Waals surface area contributed by atoms with Crippen LogP contribution < -0.4 is 14.9 Å². The molecule has 3 aromatic carbocycles. The number of rotatable bonds is 8. The van der Waals surface area contributed by atoms with Gasteiger partial charge in [-0.05, 0) is 69.1 Å². The third-order valence-electron chi connectivity index (χ3n) is 4.35. The third kappa shape index (κ3) is 6.72. The Morgan fingerprint density at radius 2 is 1.82 bits per heavy atom. The SMILES string of the molecule is CCOc1cc(/C=N\NC(=O)c2cc(Br)cc(Br)c2O)c(Br)cc1OCc1ccccc1Cl. The number of carbonyl (C=O) groups is 1. The number of nitrogens with zero attached hydrogens (tertiary/aromatic N) is 1. The molecule has 10 heteroatoms. The molecule has 0 aliphatic carbocycles. The molecule has 0 saturated carbocycles. The van der Waals surface area contributed by atoms with Crippen molar-refractivity contribution in [3.8, 4) is 17.2 Å². The number of halogens is 4. The quantitative estimate of drug-likeness (QED) is 0.200. The molecular weight excluding hydrogens is 643 g/mol. The monoisotopic (exact) mass is 658 g/mol. The lowest BCUT2D eigenvalue weighted by Crippen LogP contribution is -2.18. The van der Waals surface area contributed by atoms with Gasteiger partial charge in [0.25, 0.3) is 5.91 Å². The molecule has 0 saturated heterocycles. The highest BCUT2D eigenvalue weighted by atomic mass is 79.9. The van der Waals surface area contributed by atoms with Crippen LogP contribution in [0.3, 0.4) is 0 Å². The minimum atomic E-state index is -0.563. The molecule has 0 radical (unpaired) electrons. The number of hydrogen-bond acceptors (Lipinski definition) is 5. The summed E-state index contributed by atoms with van der Waals surface area (Å²) >= 11 is 16.2. The Labute approximate surface area is 221 Å². The standard InChI is InChI=1S/C23H18Br3ClN2O4/c1-2-32-20-7-14(11-28-29-23(31)16-8-15(24)9-18(26)22(16)30)17(25)10-21(20)33-12-13-5-3-4-6-19(13)27/h3-11,30H,2,12H2,1H3,(H,29,31)/b28-11-. The van der Waals surface area contributed by atoms with Gasteiger partial charge in [0.15, 0.2) is 11.5 Å². The number of hydrogen-bond donors (Lipinski definition) is 2. The lowest BCUT2D eigenvalue weighted by atomic mass is 10.2. The van der Waals surface area contributed by atoms with Crippen molar-refractivity contribution in [2.75, 3.05) is 6.61 Å². The highest BCUT2D eigenvalue weighted by Crippen LogP contribution is 2.34. The molecule has 0 heterocycles. The first-order valence-corrected chi connectivity index (χ1v) is 12.4. The zero-order valence-corrected chi connectivity index (χ0v) is 22.8. The normalized spacial score (nSPS) is 10.9. The Morgan fingerprint density at radius 1 is 1.09 bits per heavy atom. The van der Waals surface area contributed by atoms with Crippen molar-refractivity contribution < 1.29 is 19.4 Å². The molecule has 2 N–H and O–H groups in total. The van der Waals surface area contributed by atoms with E-state index in [-0.39, 0.29) is 17.9 Å². The molecule has 33 heavy (non-hydrogen) atoms. The Balaban J connectivity index is 1.76. The number of carbonyl (C=O) groups excluding carboxylic acids is 1. The molecule has 3 aromatic rings. The van der Waals surface area contributed by atoms with Crippen molar-refractivity contribution in [3.05, 3.63) is 83.7 Å². The second kappa shape index (κ2) is 11.9. The second-order valence-electron chi connectivity index (χ2n) is 6.62. The predicted octanol–water partition coefficient (Wildman–Crippen LogP) is 7.07. The van der Waals surface area contributed by atoms with Crippen molar-refractivity contribution in [3.63, 3.8) is 0 Å². The van der Waals surface area contributed by atoms with E-state index in [2.05, 4.69) is 58.3 Å². The minimum absolute atomic E-state index is 0.0748. The Kier molecular flexibility index (Phi) is 9.19. The van der Waals surface area contributed by atoms with E-state index in [1.54, 1.807) is 24.3 Å². The molecule has 1 amide bonds. The average Bonchev–Trinajstić information content (AvgIpc) is 2.78. The van der Waals surface area contributed by atoms with E-state index in [0.717, 1.165) is 5.56 Å². The van der Waals surface area contributed by atoms with Gasteiger partial charge in [0.1, 0.15) is 12.4 Å². The maximum absolute atomic E-state index is 12.4. The van der Waals surface area contributed by atoms with Crippen LogP contribution in [0, 0.1) is 0 Å². The van der Waals surface area contributed by atoms with Gasteiger partial charge >= 0.3 is 0 Å². The molecule has 0 bridgehead atoms. The highest BCUT2D eigenvalue weighted by molar-refractivity contribution is 9.11. The van der Waals surface area contributed by atoms with Crippen LogP contribution in [0.15, 0.2) is 67.1 Å². The number of phenolic OH excluding ortho intramolecular Hbond substituents is 1. The molecule has 0 aromatic heterocycles. The molecule has 0 spiro atoms. The van der Waals surface area contributed by atoms with Crippen molar-refractivity contribution in [1.82, 2.24) is 5.43 Å². The van der Waals surface area contributed by atoms with Crippen LogP contribution in [0.25, 0.3) is 0 Å². The van der Waals surface area contributed by atoms with Crippen LogP contribution in [-0.2, 0) is 6.61 Å². The number of benzene rings is 3. The van der Waals surface area contributed by atoms with E-state index >= 15 is 0 Å². The number of nitrogens with one attached hydrogen (secondary N) is 1. The lowest BCUT2D eigenvalue weighted by Gasteiger charge is -2.14. The van der Waals surface area contributed by atoms with Crippen LogP contribution in [0.2, 0.25) is 5.02 Å². The minimum Gasteiger partial charge on any atom is -0.506 e. The highest BCUT2D eigenvalue weighted by Gasteiger charge is 2.15. The number of ether oxygens (including phenoxy) is 2. The third-order valence-corrected chi connectivity index (χ3v) is 6.46. The Hall–Kier alpha value is -2.07. The first-order valence-electron chi connectivity index (χ1n) is 9.64. The van der Waals surface area contributed by atoms with Gasteiger partial charge in [-0.25, -0.2) is 5.43 Å². The number of hydrazone groups is 1. The first kappa shape index (κ1) is 25.6. The summed E-state index contributed by atoms with van der Waals surface area (Å²) in [7, 11) is 0. The number of aromatic hydroxyl groups is 1. The molecule has 172 valence electrons. The van der Waals surface area contributed by atoms with Crippen LogP contribution in [0.1, 0.15) is 28.4 Å². The van der Waals surface area contributed by atoms with Crippen LogP contribution in [0.5, 0.6) is 17.2 Å². The van der Waals surface area contributed by atoms with E-state index in [1.807, 2.05) is 25.1 Å². The van der Waals surface area contributed by atoms with Crippen LogP contribution in [-0.4, -0.2) is 23.8 Å². The van der Waals surface area contributed by atoms with Crippen molar-refractivity contribution >= 4 is 71.5 Å². The van der Waals surface area contributed by atoms with E-state index in [4.69, 9.17) is 21.1 Å². The molecule has 0 aliphatic rings. The summed E-state index contributed by atoms with van der Waals surface area (Å²) in [6, 6.07) is 14.1. The van der Waals surface area contributed by atoms with Gasteiger partial charge in [0.05, 0.1) is 22.9 Å². The lowest BCUT2D eigenvalue weighted by molar-refractivity contribution is 0.0952. The summed E-state index contributed by atoms with van der Waals surface area (Å²) in [4.78, 5) is 12.4. The molecule has 0 aliphatic heterocycles. The van der Waals surface area contributed by atoms with Gasteiger partial charge in [-0.2, -0.15) is 5.10 Å².